The molecule has 7 aliphatic rings. The predicted octanol–water partition coefficient (Wildman–Crippen LogP) is 12.5. The summed E-state index contributed by atoms with van der Waals surface area (Å²) in [6.45, 7) is 18.3. The Hall–Kier alpha value is -11.1. The Morgan fingerprint density at radius 2 is 0.715 bits per heavy atom. The van der Waals surface area contributed by atoms with Crippen molar-refractivity contribution in [3.8, 4) is 51.8 Å². The van der Waals surface area contributed by atoms with E-state index in [1.54, 1.807) is 34.9 Å². The van der Waals surface area contributed by atoms with Crippen LogP contribution in [0.3, 0.4) is 0 Å². The Balaban J connectivity index is 0.000000150. The minimum absolute atomic E-state index is 0.00654. The molecule has 9 aromatic rings. The molecule has 6 saturated heterocycles. The second-order valence-electron chi connectivity index (χ2n) is 30.8. The lowest BCUT2D eigenvalue weighted by Gasteiger charge is -2.35. The standard InChI is InChI=1S/C28H29ClF3N7O2.2C27H28ClF4N7O2/c1-3-24(40)38-6-8-39(9-7-38)26-18-11-20(29)17(25-19(28(30,31)32)4-5-23(33)35-25)12-21(18)34-27(36-26)41-14-22-16-10-15(16)13-37(22)2;2*1-3-23(40)38-8-10-39(11-9-38)25-16-12-18(28)15(24-17(27(30,31)32)4-5-22(33)35-24)13-20(16)34-26(36-25)41-14-21-19(29)6-7-37(21)2/h3-5,11-12,15-16,22H,1,6-10,13-14H2,2H3,(H2,33,35);2*3-5,12-13,19,21H,1,6-11,14H2,2H3,(H2,33,35)/t;19-,21+;/m.0./s1. The van der Waals surface area contributed by atoms with Crippen LogP contribution in [0.4, 0.5) is 83.2 Å². The molecule has 3 aromatic carbocycles. The van der Waals surface area contributed by atoms with Crippen molar-refractivity contribution in [3.63, 3.8) is 0 Å². The first-order chi connectivity index (χ1) is 58.4. The molecule has 27 nitrogen and oxygen atoms in total. The van der Waals surface area contributed by atoms with E-state index in [9.17, 15) is 62.7 Å². The molecule has 652 valence electrons. The highest BCUT2D eigenvalue weighted by Crippen LogP contribution is 2.50. The Bertz CT molecular complexity index is 5020. The maximum Gasteiger partial charge on any atom is 0.418 e. The third-order valence-corrected chi connectivity index (χ3v) is 24.0. The lowest BCUT2D eigenvalue weighted by atomic mass is 10.0. The number of likely N-dealkylation sites (tertiary alicyclic amines) is 3. The summed E-state index contributed by atoms with van der Waals surface area (Å²) in [6.07, 6.45) is -10.5. The first-order valence-electron chi connectivity index (χ1n) is 39.3. The molecule has 1 saturated carbocycles. The Labute approximate surface area is 713 Å². The quantitative estimate of drug-likeness (QED) is 0.0531. The van der Waals surface area contributed by atoms with Gasteiger partial charge in [0.2, 0.25) is 17.7 Å². The molecule has 7 atom stereocenters. The summed E-state index contributed by atoms with van der Waals surface area (Å²) in [5.41, 5.74) is 13.9. The van der Waals surface area contributed by atoms with Gasteiger partial charge in [-0.2, -0.15) is 69.4 Å². The van der Waals surface area contributed by atoms with E-state index < -0.39 is 71.0 Å². The number of halogens is 14. The molecule has 7 fully saturated rings. The van der Waals surface area contributed by atoms with Gasteiger partial charge < -0.3 is 60.8 Å². The zero-order chi connectivity index (χ0) is 88.0. The number of rotatable bonds is 18. The first-order valence-corrected chi connectivity index (χ1v) is 40.4. The number of carbonyl (C=O) groups is 3. The predicted molar refractivity (Wildman–Crippen MR) is 445 cm³/mol. The summed E-state index contributed by atoms with van der Waals surface area (Å²) < 4.78 is 172. The van der Waals surface area contributed by atoms with Crippen LogP contribution >= 0.6 is 34.8 Å². The van der Waals surface area contributed by atoms with E-state index in [4.69, 9.17) is 71.2 Å². The van der Waals surface area contributed by atoms with E-state index in [0.29, 0.717) is 162 Å². The molecule has 6 aromatic heterocycles. The van der Waals surface area contributed by atoms with Crippen LogP contribution in [0, 0.1) is 11.8 Å². The van der Waals surface area contributed by atoms with Crippen molar-refractivity contribution in [2.75, 3.05) is 171 Å². The molecule has 0 radical (unpaired) electrons. The van der Waals surface area contributed by atoms with Gasteiger partial charge in [0.1, 0.15) is 67.1 Å². The summed E-state index contributed by atoms with van der Waals surface area (Å²) in [6, 6.07) is 13.9. The van der Waals surface area contributed by atoms with Crippen LogP contribution in [0.25, 0.3) is 66.5 Å². The molecule has 41 heteroatoms. The van der Waals surface area contributed by atoms with Gasteiger partial charge in [0, 0.05) is 137 Å². The van der Waals surface area contributed by atoms with Gasteiger partial charge in [0.15, 0.2) is 0 Å². The van der Waals surface area contributed by atoms with Gasteiger partial charge in [-0.15, -0.1) is 0 Å². The first kappa shape index (κ1) is 88.3. The van der Waals surface area contributed by atoms with Crippen LogP contribution in [-0.2, 0) is 32.9 Å². The van der Waals surface area contributed by atoms with Crippen LogP contribution < -0.4 is 46.1 Å². The Morgan fingerprint density at radius 1 is 0.423 bits per heavy atom. The van der Waals surface area contributed by atoms with E-state index in [1.807, 2.05) is 24.5 Å². The molecule has 5 unspecified atom stereocenters. The number of fused-ring (bicyclic) bond motifs is 4. The average molecular weight is 1780 g/mol. The van der Waals surface area contributed by atoms with Crippen LogP contribution in [-0.4, -0.2) is 262 Å². The van der Waals surface area contributed by atoms with Crippen LogP contribution in [0.15, 0.2) is 111 Å². The fourth-order valence-corrected chi connectivity index (χ4v) is 17.0. The summed E-state index contributed by atoms with van der Waals surface area (Å²) in [7, 11) is 5.67. The smallest absolute Gasteiger partial charge is 0.418 e. The van der Waals surface area contributed by atoms with Gasteiger partial charge >= 0.3 is 36.6 Å². The molecule has 12 heterocycles. The molecule has 1 aliphatic carbocycles. The van der Waals surface area contributed by atoms with E-state index in [-0.39, 0.29) is 121 Å². The molecule has 0 spiro atoms. The number of nitrogens with zero attached hydrogens (tertiary/aromatic N) is 18. The lowest BCUT2D eigenvalue weighted by Crippen LogP contribution is -2.48. The maximum atomic E-state index is 14.4. The molecule has 6 aliphatic heterocycles. The average Bonchev–Trinajstić information content (AvgIpc) is 1.16. The normalized spacial score (nSPS) is 20.9. The molecule has 16 rings (SSSR count). The van der Waals surface area contributed by atoms with Gasteiger partial charge in [-0.25, -0.2) is 23.7 Å². The summed E-state index contributed by atoms with van der Waals surface area (Å²) in [5, 5.41) is 1.52. The molecular formula is C82H85Cl3F11N21O6. The second-order valence-corrected chi connectivity index (χ2v) is 32.0. The van der Waals surface area contributed by atoms with Crippen molar-refractivity contribution in [3.05, 3.63) is 143 Å². The van der Waals surface area contributed by atoms with Gasteiger partial charge in [-0.3, -0.25) is 29.1 Å². The minimum Gasteiger partial charge on any atom is -0.462 e. The number of amides is 3. The van der Waals surface area contributed by atoms with Crippen molar-refractivity contribution >= 4 is 120 Å². The van der Waals surface area contributed by atoms with Gasteiger partial charge in [-0.05, 0) is 143 Å². The van der Waals surface area contributed by atoms with E-state index >= 15 is 0 Å². The summed E-state index contributed by atoms with van der Waals surface area (Å²) in [4.78, 5) is 92.4. The van der Waals surface area contributed by atoms with E-state index in [1.165, 1.54) is 55.0 Å². The number of pyridine rings is 3. The topological polar surface area (TPSA) is 302 Å². The number of likely N-dealkylation sites (N-methyl/N-ethyl adjacent to an activating group) is 3. The monoisotopic (exact) mass is 1770 g/mol. The second kappa shape index (κ2) is 36.0. The number of piperidine rings is 1. The summed E-state index contributed by atoms with van der Waals surface area (Å²) >= 11 is 19.7. The van der Waals surface area contributed by atoms with Crippen LogP contribution in [0.1, 0.15) is 36.0 Å². The number of nitrogens with two attached hydrogens (primary N) is 3. The zero-order valence-corrected chi connectivity index (χ0v) is 69.0. The van der Waals surface area contributed by atoms with Crippen molar-refractivity contribution in [2.24, 2.45) is 11.8 Å². The fraction of sp³-hybridized carbons (Fsp3) is 0.415. The number of hydrogen-bond acceptors (Lipinski definition) is 24. The third kappa shape index (κ3) is 19.3. The molecule has 0 bridgehead atoms. The van der Waals surface area contributed by atoms with E-state index in [0.717, 1.165) is 42.9 Å². The molecule has 6 N–H and O–H groups in total. The number of alkyl halides is 11. The maximum absolute atomic E-state index is 14.4. The number of piperazine rings is 3. The van der Waals surface area contributed by atoms with Gasteiger partial charge in [0.25, 0.3) is 0 Å². The lowest BCUT2D eigenvalue weighted by molar-refractivity contribution is -0.138. The number of aromatic nitrogens is 9. The van der Waals surface area contributed by atoms with Crippen molar-refractivity contribution in [1.82, 2.24) is 74.3 Å². The van der Waals surface area contributed by atoms with Crippen LogP contribution in [0.2, 0.25) is 15.1 Å². The number of carbonyl (C=O) groups excluding carboxylic acids is 3. The minimum atomic E-state index is -4.71. The van der Waals surface area contributed by atoms with E-state index in [2.05, 4.69) is 71.6 Å². The number of anilines is 6. The Kier molecular flexibility index (Phi) is 25.8. The third-order valence-electron chi connectivity index (χ3n) is 23.1. The number of ether oxygens (including phenoxy) is 3. The number of nitrogen functional groups attached to an aromatic ring is 3. The van der Waals surface area contributed by atoms with Gasteiger partial charge in [0.05, 0.1) is 77.5 Å². The number of benzene rings is 3. The Morgan fingerprint density at radius 3 is 0.967 bits per heavy atom. The van der Waals surface area contributed by atoms with Crippen molar-refractivity contribution in [1.29, 1.82) is 0 Å². The largest absolute Gasteiger partial charge is 0.462 e. The highest BCUT2D eigenvalue weighted by atomic mass is 35.5. The SMILES string of the molecule is C=CC(=O)N1CCN(c2nc(OCC3C(F)CCN3C)nc3cc(-c4nc(N)ccc4C(F)(F)F)c(Cl)cc23)CC1.C=CC(=O)N1CCN(c2nc(OCC3C4CC4CN3C)nc3cc(-c4nc(N)ccc4C(F)(F)F)c(Cl)cc23)CC1.C=CC(=O)N1CCN(c2nc(OC[C@@H]3[C@@H](F)CCN3C)nc3cc(-c4nc(N)ccc4C(F)(F)F)c(Cl)cc23)CC1. The molecule has 3 amide bonds. The highest BCUT2D eigenvalue weighted by molar-refractivity contribution is 6.35. The zero-order valence-electron chi connectivity index (χ0n) is 66.7. The fourth-order valence-electron chi connectivity index (χ4n) is 16.2. The van der Waals surface area contributed by atoms with Crippen molar-refractivity contribution in [2.45, 2.75) is 68.3 Å². The molecular weight excluding hydrogens is 1690 g/mol. The van der Waals surface area contributed by atoms with Gasteiger partial charge in [-0.1, -0.05) is 54.5 Å². The summed E-state index contributed by atoms with van der Waals surface area (Å²) in [5.74, 6) is 1.88. The van der Waals surface area contributed by atoms with Crippen LogP contribution in [0.5, 0.6) is 18.0 Å². The highest BCUT2D eigenvalue weighted by Gasteiger charge is 2.52. The van der Waals surface area contributed by atoms with Crippen molar-refractivity contribution < 1.29 is 76.9 Å². The number of hydrogen-bond donors (Lipinski definition) is 3. The molecule has 123 heavy (non-hydrogen) atoms.